The Labute approximate surface area is 113 Å². The number of likely N-dealkylation sites (tertiary alicyclic amines) is 1. The minimum Gasteiger partial charge on any atom is -0.336 e. The molecule has 1 aromatic carbocycles. The highest BCUT2D eigenvalue weighted by molar-refractivity contribution is 7.86. The van der Waals surface area contributed by atoms with E-state index in [1.165, 1.54) is 0 Å². The first-order valence-corrected chi connectivity index (χ1v) is 7.89. The molecule has 0 aliphatic carbocycles. The number of amides is 1. The normalized spacial score (nSPS) is 20.0. The quantitative estimate of drug-likeness (QED) is 0.775. The Hall–Kier alpha value is -1.40. The summed E-state index contributed by atoms with van der Waals surface area (Å²) in [6, 6.07) is 7.90. The van der Waals surface area contributed by atoms with E-state index in [2.05, 4.69) is 0 Å². The topological polar surface area (TPSA) is 63.7 Å². The average molecular weight is 283 g/mol. The first-order chi connectivity index (χ1) is 8.85. The Morgan fingerprint density at radius 3 is 2.53 bits per heavy atom. The van der Waals surface area contributed by atoms with Crippen molar-refractivity contribution in [1.82, 2.24) is 4.90 Å². The maximum atomic E-state index is 12.0. The fourth-order valence-corrected chi connectivity index (χ4v) is 2.68. The Kier molecular flexibility index (Phi) is 3.91. The second-order valence-electron chi connectivity index (χ2n) is 4.82. The van der Waals surface area contributed by atoms with Gasteiger partial charge in [0.25, 0.3) is 16.0 Å². The molecule has 19 heavy (non-hydrogen) atoms. The van der Waals surface area contributed by atoms with Gasteiger partial charge in [-0.15, -0.1) is 0 Å². The van der Waals surface area contributed by atoms with Crippen molar-refractivity contribution < 1.29 is 17.4 Å². The summed E-state index contributed by atoms with van der Waals surface area (Å²) in [4.78, 5) is 13.6. The highest BCUT2D eigenvalue weighted by atomic mass is 32.2. The van der Waals surface area contributed by atoms with Crippen LogP contribution >= 0.6 is 0 Å². The van der Waals surface area contributed by atoms with Crippen LogP contribution in [0.3, 0.4) is 0 Å². The largest absolute Gasteiger partial charge is 0.336 e. The number of aryl methyl sites for hydroxylation is 1. The van der Waals surface area contributed by atoms with E-state index < -0.39 is 16.2 Å². The van der Waals surface area contributed by atoms with E-state index in [0.717, 1.165) is 17.4 Å². The lowest BCUT2D eigenvalue weighted by Crippen LogP contribution is -2.31. The van der Waals surface area contributed by atoms with E-state index in [4.69, 9.17) is 4.18 Å². The van der Waals surface area contributed by atoms with E-state index in [9.17, 15) is 13.2 Å². The third-order valence-corrected chi connectivity index (χ3v) is 3.62. The summed E-state index contributed by atoms with van der Waals surface area (Å²) < 4.78 is 26.9. The molecule has 0 spiro atoms. The Morgan fingerprint density at radius 2 is 1.95 bits per heavy atom. The van der Waals surface area contributed by atoms with Crippen LogP contribution in [0, 0.1) is 6.92 Å². The van der Waals surface area contributed by atoms with E-state index in [1.807, 2.05) is 31.2 Å². The van der Waals surface area contributed by atoms with Crippen molar-refractivity contribution in [1.29, 1.82) is 0 Å². The number of benzene rings is 1. The number of hydrogen-bond acceptors (Lipinski definition) is 4. The third-order valence-electron chi connectivity index (χ3n) is 3.03. The zero-order valence-corrected chi connectivity index (χ0v) is 11.8. The van der Waals surface area contributed by atoms with Crippen LogP contribution in [0.15, 0.2) is 24.3 Å². The van der Waals surface area contributed by atoms with Crippen LogP contribution in [0.25, 0.3) is 0 Å². The fraction of sp³-hybridized carbons (Fsp3) is 0.462. The molecule has 1 saturated heterocycles. The number of hydrogen-bond donors (Lipinski definition) is 0. The second-order valence-corrected chi connectivity index (χ2v) is 6.42. The van der Waals surface area contributed by atoms with Crippen LogP contribution in [0.5, 0.6) is 0 Å². The van der Waals surface area contributed by atoms with Crippen LogP contribution < -0.4 is 0 Å². The minimum atomic E-state index is -3.59. The Balaban J connectivity index is 2.00. The van der Waals surface area contributed by atoms with Gasteiger partial charge in [0.15, 0.2) is 6.10 Å². The minimum absolute atomic E-state index is 0.258. The Morgan fingerprint density at radius 1 is 1.32 bits per heavy atom. The van der Waals surface area contributed by atoms with Crippen LogP contribution in [0.2, 0.25) is 0 Å². The molecule has 1 fully saturated rings. The maximum Gasteiger partial charge on any atom is 0.265 e. The van der Waals surface area contributed by atoms with Crippen LogP contribution in [0.4, 0.5) is 0 Å². The lowest BCUT2D eigenvalue weighted by molar-refractivity contribution is -0.133. The molecule has 0 aromatic heterocycles. The summed E-state index contributed by atoms with van der Waals surface area (Å²) in [7, 11) is -3.59. The monoisotopic (exact) mass is 283 g/mol. The van der Waals surface area contributed by atoms with Crippen molar-refractivity contribution in [2.24, 2.45) is 0 Å². The highest BCUT2D eigenvalue weighted by Gasteiger charge is 2.34. The molecule has 0 bridgehead atoms. The standard InChI is InChI=1S/C13H17NO4S/c1-10-3-5-11(6-4-10)9-14-8-7-12(13(14)15)18-19(2,16)17/h3-6,12H,7-9H2,1-2H3/t12-/m1/s1. The fourth-order valence-electron chi connectivity index (χ4n) is 2.08. The lowest BCUT2D eigenvalue weighted by atomic mass is 10.1. The molecule has 104 valence electrons. The van der Waals surface area contributed by atoms with Crippen molar-refractivity contribution in [3.63, 3.8) is 0 Å². The first-order valence-electron chi connectivity index (χ1n) is 6.08. The van der Waals surface area contributed by atoms with Gasteiger partial charge in [0.05, 0.1) is 6.26 Å². The van der Waals surface area contributed by atoms with Gasteiger partial charge in [0.2, 0.25) is 0 Å². The smallest absolute Gasteiger partial charge is 0.265 e. The van der Waals surface area contributed by atoms with Gasteiger partial charge in [-0.1, -0.05) is 29.8 Å². The number of carbonyl (C=O) groups excluding carboxylic acids is 1. The van der Waals surface area contributed by atoms with E-state index in [1.54, 1.807) is 4.90 Å². The van der Waals surface area contributed by atoms with E-state index in [0.29, 0.717) is 19.5 Å². The summed E-state index contributed by atoms with van der Waals surface area (Å²) in [5.41, 5.74) is 2.19. The van der Waals surface area contributed by atoms with Gasteiger partial charge in [-0.2, -0.15) is 8.42 Å². The number of nitrogens with zero attached hydrogens (tertiary/aromatic N) is 1. The van der Waals surface area contributed by atoms with Crippen molar-refractivity contribution in [2.45, 2.75) is 26.0 Å². The molecule has 2 rings (SSSR count). The van der Waals surface area contributed by atoms with Crippen LogP contribution in [-0.4, -0.2) is 38.1 Å². The molecule has 0 radical (unpaired) electrons. The first kappa shape index (κ1) is 14.0. The molecule has 1 aromatic rings. The molecule has 6 heteroatoms. The molecule has 1 aliphatic heterocycles. The van der Waals surface area contributed by atoms with Gasteiger partial charge >= 0.3 is 0 Å². The van der Waals surface area contributed by atoms with Gasteiger partial charge in [-0.3, -0.25) is 8.98 Å². The molecular formula is C13H17NO4S. The SMILES string of the molecule is Cc1ccc(CN2CC[C@@H](OS(C)(=O)=O)C2=O)cc1. The summed E-state index contributed by atoms with van der Waals surface area (Å²) in [5.74, 6) is -0.258. The van der Waals surface area contributed by atoms with Crippen LogP contribution in [0.1, 0.15) is 17.5 Å². The average Bonchev–Trinajstić information content (AvgIpc) is 2.63. The predicted molar refractivity (Wildman–Crippen MR) is 70.9 cm³/mol. The summed E-state index contributed by atoms with van der Waals surface area (Å²) in [6.45, 7) is 3.01. The molecule has 1 amide bonds. The zero-order valence-electron chi connectivity index (χ0n) is 11.0. The molecular weight excluding hydrogens is 266 g/mol. The zero-order chi connectivity index (χ0) is 14.0. The molecule has 5 nitrogen and oxygen atoms in total. The van der Waals surface area contributed by atoms with Gasteiger partial charge in [-0.05, 0) is 12.5 Å². The molecule has 1 atom stereocenters. The van der Waals surface area contributed by atoms with Crippen molar-refractivity contribution in [3.8, 4) is 0 Å². The molecule has 0 saturated carbocycles. The summed E-state index contributed by atoms with van der Waals surface area (Å²) in [5, 5.41) is 0. The molecule has 1 heterocycles. The van der Waals surface area contributed by atoms with E-state index >= 15 is 0 Å². The van der Waals surface area contributed by atoms with Gasteiger partial charge in [0.1, 0.15) is 0 Å². The van der Waals surface area contributed by atoms with Crippen molar-refractivity contribution in [3.05, 3.63) is 35.4 Å². The lowest BCUT2D eigenvalue weighted by Gasteiger charge is -2.16. The third kappa shape index (κ3) is 3.78. The number of carbonyl (C=O) groups is 1. The van der Waals surface area contributed by atoms with Gasteiger partial charge < -0.3 is 4.90 Å². The number of rotatable bonds is 4. The highest BCUT2D eigenvalue weighted by Crippen LogP contribution is 2.19. The molecule has 0 N–H and O–H groups in total. The van der Waals surface area contributed by atoms with Crippen molar-refractivity contribution >= 4 is 16.0 Å². The maximum absolute atomic E-state index is 12.0. The van der Waals surface area contributed by atoms with Crippen LogP contribution in [-0.2, 0) is 25.6 Å². The Bertz CT molecular complexity index is 565. The van der Waals surface area contributed by atoms with Gasteiger partial charge in [0, 0.05) is 19.5 Å². The molecule has 1 aliphatic rings. The second kappa shape index (κ2) is 5.30. The molecule has 0 unspecified atom stereocenters. The van der Waals surface area contributed by atoms with E-state index in [-0.39, 0.29) is 5.91 Å². The summed E-state index contributed by atoms with van der Waals surface area (Å²) >= 11 is 0. The summed E-state index contributed by atoms with van der Waals surface area (Å²) in [6.07, 6.45) is 0.515. The van der Waals surface area contributed by atoms with Crippen molar-refractivity contribution in [2.75, 3.05) is 12.8 Å². The predicted octanol–water partition coefficient (Wildman–Crippen LogP) is 1.07. The van der Waals surface area contributed by atoms with Gasteiger partial charge in [-0.25, -0.2) is 0 Å².